The normalized spacial score (nSPS) is 10.9. The van der Waals surface area contributed by atoms with Gasteiger partial charge in [-0.3, -0.25) is 9.78 Å². The van der Waals surface area contributed by atoms with Gasteiger partial charge < -0.3 is 9.47 Å². The first-order valence-electron chi connectivity index (χ1n) is 9.87. The van der Waals surface area contributed by atoms with Gasteiger partial charge in [0, 0.05) is 19.8 Å². The number of para-hydroxylation sites is 2. The molecular weight excluding hydrogens is 360 g/mol. The van der Waals surface area contributed by atoms with Gasteiger partial charge in [0.15, 0.2) is 0 Å². The Labute approximate surface area is 170 Å². The second-order valence-electron chi connectivity index (χ2n) is 7.13. The Hall–Kier alpha value is -3.47. The van der Waals surface area contributed by atoms with Gasteiger partial charge in [-0.25, -0.2) is 4.98 Å². The molecule has 0 saturated carbocycles. The van der Waals surface area contributed by atoms with Gasteiger partial charge in [-0.1, -0.05) is 48.5 Å². The van der Waals surface area contributed by atoms with Crippen molar-refractivity contribution in [1.82, 2.24) is 19.4 Å². The molecule has 0 fully saturated rings. The Morgan fingerprint density at radius 2 is 1.72 bits per heavy atom. The van der Waals surface area contributed by atoms with Crippen molar-refractivity contribution in [2.45, 2.75) is 25.9 Å². The lowest BCUT2D eigenvalue weighted by molar-refractivity contribution is 0.0774. The van der Waals surface area contributed by atoms with Crippen molar-refractivity contribution in [2.24, 2.45) is 0 Å². The maximum absolute atomic E-state index is 12.7. The lowest BCUT2D eigenvalue weighted by Crippen LogP contribution is -2.28. The van der Waals surface area contributed by atoms with Crippen LogP contribution in [0.5, 0.6) is 0 Å². The summed E-state index contributed by atoms with van der Waals surface area (Å²) >= 11 is 0. The number of nitrogens with zero attached hydrogens (tertiary/aromatic N) is 4. The van der Waals surface area contributed by atoms with E-state index in [1.807, 2.05) is 36.4 Å². The monoisotopic (exact) mass is 384 g/mol. The average Bonchev–Trinajstić information content (AvgIpc) is 3.11. The number of rotatable bonds is 7. The van der Waals surface area contributed by atoms with Crippen molar-refractivity contribution in [3.8, 4) is 0 Å². The van der Waals surface area contributed by atoms with E-state index in [0.717, 1.165) is 36.2 Å². The first-order valence-corrected chi connectivity index (χ1v) is 9.87. The van der Waals surface area contributed by atoms with Gasteiger partial charge >= 0.3 is 0 Å². The van der Waals surface area contributed by atoms with Crippen molar-refractivity contribution in [2.75, 3.05) is 7.05 Å². The van der Waals surface area contributed by atoms with Crippen LogP contribution in [0.15, 0.2) is 79.0 Å². The predicted octanol–water partition coefficient (Wildman–Crippen LogP) is 4.34. The molecule has 4 rings (SSSR count). The Morgan fingerprint density at radius 3 is 2.52 bits per heavy atom. The standard InChI is InChI=1S/C24H24N4O/c1-27(24(29)21-14-7-8-16-25-21)18-23-26-20-13-5-6-15-22(20)28(23)17-9-12-19-10-3-2-4-11-19/h2-8,10-11,13-16H,9,12,17-18H2,1H3. The minimum Gasteiger partial charge on any atom is -0.333 e. The van der Waals surface area contributed by atoms with Crippen LogP contribution < -0.4 is 0 Å². The number of carbonyl (C=O) groups excluding carboxylic acids is 1. The molecule has 0 saturated heterocycles. The van der Waals surface area contributed by atoms with Gasteiger partial charge in [0.05, 0.1) is 17.6 Å². The quantitative estimate of drug-likeness (QED) is 0.476. The predicted molar refractivity (Wildman–Crippen MR) is 115 cm³/mol. The number of hydrogen-bond acceptors (Lipinski definition) is 3. The molecule has 146 valence electrons. The zero-order valence-electron chi connectivity index (χ0n) is 16.5. The van der Waals surface area contributed by atoms with Crippen LogP contribution in [0.25, 0.3) is 11.0 Å². The lowest BCUT2D eigenvalue weighted by Gasteiger charge is -2.17. The molecule has 2 heterocycles. The van der Waals surface area contributed by atoms with Gasteiger partial charge in [0.2, 0.25) is 0 Å². The zero-order chi connectivity index (χ0) is 20.1. The van der Waals surface area contributed by atoms with Crippen molar-refractivity contribution in [3.05, 3.63) is 96.1 Å². The summed E-state index contributed by atoms with van der Waals surface area (Å²) in [6.45, 7) is 1.30. The van der Waals surface area contributed by atoms with Gasteiger partial charge in [-0.2, -0.15) is 0 Å². The van der Waals surface area contributed by atoms with Crippen LogP contribution in [0.2, 0.25) is 0 Å². The molecular formula is C24H24N4O. The summed E-state index contributed by atoms with van der Waals surface area (Å²) in [5.41, 5.74) is 3.85. The number of pyridine rings is 1. The summed E-state index contributed by atoms with van der Waals surface area (Å²) in [6.07, 6.45) is 3.66. The summed E-state index contributed by atoms with van der Waals surface area (Å²) in [4.78, 5) is 23.4. The SMILES string of the molecule is CN(Cc1nc2ccccc2n1CCCc1ccccc1)C(=O)c1ccccn1. The van der Waals surface area contributed by atoms with E-state index in [-0.39, 0.29) is 5.91 Å². The number of fused-ring (bicyclic) bond motifs is 1. The maximum Gasteiger partial charge on any atom is 0.272 e. The van der Waals surface area contributed by atoms with Crippen molar-refractivity contribution in [3.63, 3.8) is 0 Å². The molecule has 5 heteroatoms. The fraction of sp³-hybridized carbons (Fsp3) is 0.208. The van der Waals surface area contributed by atoms with E-state index in [1.54, 1.807) is 24.2 Å². The Balaban J connectivity index is 1.53. The van der Waals surface area contributed by atoms with Gasteiger partial charge in [-0.15, -0.1) is 0 Å². The van der Waals surface area contributed by atoms with Crippen LogP contribution in [0.4, 0.5) is 0 Å². The molecule has 2 aromatic carbocycles. The third-order valence-electron chi connectivity index (χ3n) is 5.03. The van der Waals surface area contributed by atoms with Crippen LogP contribution in [0.3, 0.4) is 0 Å². The van der Waals surface area contributed by atoms with Crippen LogP contribution in [-0.2, 0) is 19.5 Å². The smallest absolute Gasteiger partial charge is 0.272 e. The van der Waals surface area contributed by atoms with Crippen LogP contribution >= 0.6 is 0 Å². The summed E-state index contributed by atoms with van der Waals surface area (Å²) < 4.78 is 2.24. The summed E-state index contributed by atoms with van der Waals surface area (Å²) in [5, 5.41) is 0. The highest BCUT2D eigenvalue weighted by Crippen LogP contribution is 2.19. The third kappa shape index (κ3) is 4.35. The van der Waals surface area contributed by atoms with Crippen LogP contribution in [-0.4, -0.2) is 32.4 Å². The molecule has 0 N–H and O–H groups in total. The van der Waals surface area contributed by atoms with Gasteiger partial charge in [-0.05, 0) is 42.7 Å². The van der Waals surface area contributed by atoms with Gasteiger partial charge in [0.25, 0.3) is 5.91 Å². The minimum absolute atomic E-state index is 0.103. The highest BCUT2D eigenvalue weighted by Gasteiger charge is 2.17. The number of imidazole rings is 1. The van der Waals surface area contributed by atoms with E-state index in [4.69, 9.17) is 4.98 Å². The molecule has 0 aliphatic rings. The second-order valence-corrected chi connectivity index (χ2v) is 7.13. The van der Waals surface area contributed by atoms with E-state index in [9.17, 15) is 4.79 Å². The molecule has 5 nitrogen and oxygen atoms in total. The number of carbonyl (C=O) groups is 1. The average molecular weight is 384 g/mol. The third-order valence-corrected chi connectivity index (χ3v) is 5.03. The summed E-state index contributed by atoms with van der Waals surface area (Å²) in [7, 11) is 1.80. The Bertz CT molecular complexity index is 1090. The highest BCUT2D eigenvalue weighted by atomic mass is 16.2. The minimum atomic E-state index is -0.103. The largest absolute Gasteiger partial charge is 0.333 e. The molecule has 0 aliphatic heterocycles. The molecule has 0 atom stereocenters. The Kier molecular flexibility index (Phi) is 5.66. The van der Waals surface area contributed by atoms with Crippen LogP contribution in [0.1, 0.15) is 28.3 Å². The summed E-state index contributed by atoms with van der Waals surface area (Å²) in [5.74, 6) is 0.791. The molecule has 0 radical (unpaired) electrons. The molecule has 2 aromatic heterocycles. The Morgan fingerprint density at radius 1 is 0.966 bits per heavy atom. The molecule has 0 unspecified atom stereocenters. The van der Waals surface area contributed by atoms with Gasteiger partial charge in [0.1, 0.15) is 11.5 Å². The van der Waals surface area contributed by atoms with Crippen molar-refractivity contribution >= 4 is 16.9 Å². The van der Waals surface area contributed by atoms with Crippen LogP contribution in [0, 0.1) is 0 Å². The van der Waals surface area contributed by atoms with Crippen molar-refractivity contribution in [1.29, 1.82) is 0 Å². The van der Waals surface area contributed by atoms with Crippen molar-refractivity contribution < 1.29 is 4.79 Å². The van der Waals surface area contributed by atoms with E-state index < -0.39 is 0 Å². The first-order chi connectivity index (χ1) is 14.2. The molecule has 29 heavy (non-hydrogen) atoms. The number of amides is 1. The molecule has 1 amide bonds. The summed E-state index contributed by atoms with van der Waals surface area (Å²) in [6, 6.07) is 24.0. The number of aryl methyl sites for hydroxylation is 2. The van der Waals surface area contributed by atoms with E-state index in [2.05, 4.69) is 39.9 Å². The lowest BCUT2D eigenvalue weighted by atomic mass is 10.1. The first kappa shape index (κ1) is 18.9. The fourth-order valence-electron chi connectivity index (χ4n) is 3.55. The molecule has 0 bridgehead atoms. The highest BCUT2D eigenvalue weighted by molar-refractivity contribution is 5.92. The van der Waals surface area contributed by atoms with E-state index in [1.165, 1.54) is 5.56 Å². The number of aromatic nitrogens is 3. The molecule has 0 spiro atoms. The zero-order valence-corrected chi connectivity index (χ0v) is 16.5. The number of hydrogen-bond donors (Lipinski definition) is 0. The van der Waals surface area contributed by atoms with E-state index in [0.29, 0.717) is 12.2 Å². The molecule has 4 aromatic rings. The second kappa shape index (κ2) is 8.69. The topological polar surface area (TPSA) is 51.0 Å². The molecule has 0 aliphatic carbocycles. The van der Waals surface area contributed by atoms with E-state index >= 15 is 0 Å². The maximum atomic E-state index is 12.7. The number of benzene rings is 2. The fourth-order valence-corrected chi connectivity index (χ4v) is 3.55.